The summed E-state index contributed by atoms with van der Waals surface area (Å²) in [6.45, 7) is 3.45. The number of benzene rings is 2. The predicted octanol–water partition coefficient (Wildman–Crippen LogP) is 6.18. The summed E-state index contributed by atoms with van der Waals surface area (Å²) in [4.78, 5) is 2.15. The molecule has 0 radical (unpaired) electrons. The number of ether oxygens (including phenoxy) is 1. The zero-order valence-corrected chi connectivity index (χ0v) is 20.5. The summed E-state index contributed by atoms with van der Waals surface area (Å²) >= 11 is 0. The normalized spacial score (nSPS) is 20.7. The van der Waals surface area contributed by atoms with Gasteiger partial charge in [0.25, 0.3) is 5.82 Å². The van der Waals surface area contributed by atoms with Gasteiger partial charge in [-0.15, -0.1) is 0 Å². The predicted molar refractivity (Wildman–Crippen MR) is 135 cm³/mol. The Labute approximate surface area is 198 Å². The van der Waals surface area contributed by atoms with Crippen LogP contribution in [0, 0.1) is 5.92 Å². The van der Waals surface area contributed by atoms with Gasteiger partial charge in [0, 0.05) is 31.8 Å². The lowest BCUT2D eigenvalue weighted by molar-refractivity contribution is -0.692. The fourth-order valence-corrected chi connectivity index (χ4v) is 5.38. The van der Waals surface area contributed by atoms with E-state index in [0.29, 0.717) is 6.10 Å². The third-order valence-corrected chi connectivity index (χ3v) is 7.47. The van der Waals surface area contributed by atoms with Crippen LogP contribution in [0.4, 0.5) is 5.69 Å². The number of anilines is 1. The minimum atomic E-state index is 0.377. The summed E-state index contributed by atoms with van der Waals surface area (Å²) in [7, 11) is 4.18. The van der Waals surface area contributed by atoms with Crippen LogP contribution in [0.1, 0.15) is 57.7 Å². The largest absolute Gasteiger partial charge is 0.490 e. The molecular weight excluding hydrogens is 406 g/mol. The van der Waals surface area contributed by atoms with Crippen LogP contribution in [0.25, 0.3) is 16.9 Å². The quantitative estimate of drug-likeness (QED) is 0.438. The molecule has 174 valence electrons. The molecule has 2 aromatic carbocycles. The highest BCUT2D eigenvalue weighted by atomic mass is 16.5. The number of hydrogen-bond donors (Lipinski definition) is 0. The number of nitrogens with zero attached hydrogens (tertiary/aromatic N) is 3. The summed E-state index contributed by atoms with van der Waals surface area (Å²) in [5, 5.41) is 0. The molecule has 5 rings (SSSR count). The first-order valence-electron chi connectivity index (χ1n) is 12.8. The Morgan fingerprint density at radius 2 is 1.61 bits per heavy atom. The molecule has 1 saturated carbocycles. The fourth-order valence-electron chi connectivity index (χ4n) is 5.38. The average molecular weight is 445 g/mol. The second-order valence-corrected chi connectivity index (χ2v) is 10.2. The molecule has 0 spiro atoms. The minimum absolute atomic E-state index is 0.377. The van der Waals surface area contributed by atoms with Crippen LogP contribution in [0.5, 0.6) is 5.75 Å². The highest BCUT2D eigenvalue weighted by molar-refractivity contribution is 5.61. The molecule has 0 atom stereocenters. The first-order valence-corrected chi connectivity index (χ1v) is 12.8. The van der Waals surface area contributed by atoms with Crippen LogP contribution in [-0.2, 0) is 13.0 Å². The molecule has 0 bridgehead atoms. The van der Waals surface area contributed by atoms with E-state index < -0.39 is 0 Å². The minimum Gasteiger partial charge on any atom is -0.490 e. The van der Waals surface area contributed by atoms with E-state index >= 15 is 0 Å². The van der Waals surface area contributed by atoms with Crippen molar-refractivity contribution in [2.24, 2.45) is 5.92 Å². The second-order valence-electron chi connectivity index (χ2n) is 10.2. The lowest BCUT2D eigenvalue weighted by Gasteiger charge is -2.26. The van der Waals surface area contributed by atoms with Crippen molar-refractivity contribution in [1.29, 1.82) is 0 Å². The number of aromatic nitrogens is 2. The molecule has 4 nitrogen and oxygen atoms in total. The Kier molecular flexibility index (Phi) is 6.43. The maximum Gasteiger partial charge on any atom is 0.262 e. The molecule has 4 heteroatoms. The SMILES string of the molecule is CN(C)c1ccc(-c2cn(-c3ccc(O[C@H]4CC[C@H](C)CC4)cc3)c3[n+]2CCCCC3)cc1. The van der Waals surface area contributed by atoms with E-state index in [2.05, 4.69) is 89.8 Å². The number of rotatable bonds is 5. The van der Waals surface area contributed by atoms with Gasteiger partial charge < -0.3 is 9.64 Å². The molecule has 0 unspecified atom stereocenters. The van der Waals surface area contributed by atoms with E-state index in [1.165, 1.54) is 73.4 Å². The van der Waals surface area contributed by atoms with Gasteiger partial charge in [0.15, 0.2) is 5.69 Å². The van der Waals surface area contributed by atoms with Crippen molar-refractivity contribution in [3.8, 4) is 22.7 Å². The number of fused-ring (bicyclic) bond motifs is 1. The Hall–Kier alpha value is -2.75. The van der Waals surface area contributed by atoms with Crippen molar-refractivity contribution >= 4 is 5.69 Å². The van der Waals surface area contributed by atoms with Crippen molar-refractivity contribution in [3.05, 3.63) is 60.6 Å². The molecule has 33 heavy (non-hydrogen) atoms. The molecule has 2 aliphatic rings. The van der Waals surface area contributed by atoms with Gasteiger partial charge in [0.1, 0.15) is 17.6 Å². The van der Waals surface area contributed by atoms with Crippen LogP contribution in [-0.4, -0.2) is 24.8 Å². The topological polar surface area (TPSA) is 21.3 Å². The van der Waals surface area contributed by atoms with Crippen LogP contribution in [0.2, 0.25) is 0 Å². The van der Waals surface area contributed by atoms with Crippen molar-refractivity contribution in [1.82, 2.24) is 4.57 Å². The van der Waals surface area contributed by atoms with Crippen LogP contribution in [0.3, 0.4) is 0 Å². The highest BCUT2D eigenvalue weighted by Gasteiger charge is 2.27. The van der Waals surface area contributed by atoms with Crippen LogP contribution < -0.4 is 14.2 Å². The molecule has 1 fully saturated rings. The monoisotopic (exact) mass is 444 g/mol. The second kappa shape index (κ2) is 9.62. The first kappa shape index (κ1) is 22.1. The van der Waals surface area contributed by atoms with Gasteiger partial charge in [-0.05, 0) is 99.4 Å². The summed E-state index contributed by atoms with van der Waals surface area (Å²) in [5.74, 6) is 3.26. The Balaban J connectivity index is 1.43. The van der Waals surface area contributed by atoms with E-state index in [9.17, 15) is 0 Å². The third kappa shape index (κ3) is 4.80. The van der Waals surface area contributed by atoms with Gasteiger partial charge >= 0.3 is 0 Å². The Bertz CT molecular complexity index is 1060. The van der Waals surface area contributed by atoms with Crippen molar-refractivity contribution in [2.45, 2.75) is 70.9 Å². The summed E-state index contributed by atoms with van der Waals surface area (Å²) in [6, 6.07) is 17.7. The smallest absolute Gasteiger partial charge is 0.262 e. The molecule has 1 aromatic heterocycles. The van der Waals surface area contributed by atoms with Crippen LogP contribution >= 0.6 is 0 Å². The van der Waals surface area contributed by atoms with E-state index in [1.807, 2.05) is 0 Å². The average Bonchev–Trinajstić information content (AvgIpc) is 3.02. The van der Waals surface area contributed by atoms with Gasteiger partial charge in [-0.2, -0.15) is 4.57 Å². The molecule has 1 aliphatic heterocycles. The maximum absolute atomic E-state index is 6.31. The first-order chi connectivity index (χ1) is 16.1. The van der Waals surface area contributed by atoms with E-state index in [1.54, 1.807) is 0 Å². The van der Waals surface area contributed by atoms with Gasteiger partial charge in [0.2, 0.25) is 0 Å². The maximum atomic E-state index is 6.31. The van der Waals surface area contributed by atoms with Crippen LogP contribution in [0.15, 0.2) is 54.7 Å². The summed E-state index contributed by atoms with van der Waals surface area (Å²) < 4.78 is 11.3. The highest BCUT2D eigenvalue weighted by Crippen LogP contribution is 2.29. The molecule has 3 aromatic rings. The van der Waals surface area contributed by atoms with Crippen molar-refractivity contribution in [3.63, 3.8) is 0 Å². The van der Waals surface area contributed by atoms with Gasteiger partial charge in [0.05, 0.1) is 12.6 Å². The van der Waals surface area contributed by atoms with E-state index in [-0.39, 0.29) is 0 Å². The molecule has 1 aliphatic carbocycles. The van der Waals surface area contributed by atoms with Gasteiger partial charge in [-0.1, -0.05) is 6.92 Å². The third-order valence-electron chi connectivity index (χ3n) is 7.47. The van der Waals surface area contributed by atoms with E-state index in [4.69, 9.17) is 4.74 Å². The summed E-state index contributed by atoms with van der Waals surface area (Å²) in [5.41, 5.74) is 5.06. The van der Waals surface area contributed by atoms with Gasteiger partial charge in [-0.25, -0.2) is 4.57 Å². The molecule has 0 saturated heterocycles. The molecule has 0 N–H and O–H groups in total. The van der Waals surface area contributed by atoms with Crippen molar-refractivity contribution in [2.75, 3.05) is 19.0 Å². The van der Waals surface area contributed by atoms with Crippen molar-refractivity contribution < 1.29 is 9.30 Å². The molecular formula is C29H38N3O+. The fraction of sp³-hybridized carbons (Fsp3) is 0.483. The Morgan fingerprint density at radius 1 is 0.879 bits per heavy atom. The lowest BCUT2D eigenvalue weighted by atomic mass is 9.89. The number of imidazole rings is 1. The Morgan fingerprint density at radius 3 is 2.30 bits per heavy atom. The van der Waals surface area contributed by atoms with Gasteiger partial charge in [-0.3, -0.25) is 0 Å². The number of hydrogen-bond acceptors (Lipinski definition) is 2. The summed E-state index contributed by atoms with van der Waals surface area (Å²) in [6.07, 6.45) is 12.6. The lowest BCUT2D eigenvalue weighted by Crippen LogP contribution is -2.38. The molecule has 2 heterocycles. The molecule has 0 amide bonds. The van der Waals surface area contributed by atoms with E-state index in [0.717, 1.165) is 24.6 Å². The standard InChI is InChI=1S/C29H38N3O/c1-22-8-16-26(17-9-22)33-27-18-14-25(15-19-27)32-21-28(31-20-6-4-5-7-29(31)32)23-10-12-24(13-11-23)30(2)3/h10-15,18-19,21-22,26H,4-9,16-17,20H2,1-3H3/q+1/t22-,26-. The zero-order valence-electron chi connectivity index (χ0n) is 20.5. The zero-order chi connectivity index (χ0) is 22.8.